The van der Waals surface area contributed by atoms with E-state index in [0.29, 0.717) is 0 Å². The van der Waals surface area contributed by atoms with E-state index in [-0.39, 0.29) is 0 Å². The molecule has 0 saturated carbocycles. The Morgan fingerprint density at radius 1 is 0.136 bits per heavy atom. The molecule has 0 N–H and O–H groups in total. The van der Waals surface area contributed by atoms with E-state index in [1.165, 1.54) is 257 Å². The van der Waals surface area contributed by atoms with Crippen molar-refractivity contribution in [3.05, 3.63) is 332 Å². The molecule has 0 fully saturated rings. The summed E-state index contributed by atoms with van der Waals surface area (Å²) in [6.07, 6.45) is 8.69. The molecule has 12 aromatic rings. The first kappa shape index (κ1) is 120. The van der Waals surface area contributed by atoms with Gasteiger partial charge in [0.05, 0.1) is 0 Å². The van der Waals surface area contributed by atoms with Gasteiger partial charge in [0.15, 0.2) is 0 Å². The van der Waals surface area contributed by atoms with E-state index in [1.54, 1.807) is 0 Å². The van der Waals surface area contributed by atoms with E-state index in [0.717, 1.165) is 51.4 Å². The number of hydrogen-bond acceptors (Lipinski definition) is 4. The highest BCUT2D eigenvalue weighted by Crippen LogP contribution is 2.52. The van der Waals surface area contributed by atoms with Gasteiger partial charge < -0.3 is 19.6 Å². The molecular weight excluding hydrogens is 1590 g/mol. The van der Waals surface area contributed by atoms with Gasteiger partial charge in [-0.2, -0.15) is 0 Å². The van der Waals surface area contributed by atoms with Crippen LogP contribution in [-0.4, -0.2) is 98.1 Å². The van der Waals surface area contributed by atoms with Gasteiger partial charge in [-0.3, -0.25) is 0 Å². The highest BCUT2D eigenvalue weighted by molar-refractivity contribution is 5.96. The van der Waals surface area contributed by atoms with Crippen molar-refractivity contribution in [3.63, 3.8) is 0 Å². The van der Waals surface area contributed by atoms with Crippen LogP contribution in [0.25, 0.3) is 89.0 Å². The van der Waals surface area contributed by atoms with Crippen molar-refractivity contribution >= 4 is 0 Å². The van der Waals surface area contributed by atoms with E-state index in [2.05, 4.69) is 345 Å². The molecular formula is C128H188N4. The zero-order chi connectivity index (χ0) is 99.2. The third-order valence-electron chi connectivity index (χ3n) is 24.3. The fourth-order valence-corrected chi connectivity index (χ4v) is 18.0. The molecule has 0 aliphatic heterocycles. The summed E-state index contributed by atoms with van der Waals surface area (Å²) >= 11 is 0. The van der Waals surface area contributed by atoms with Gasteiger partial charge in [0.25, 0.3) is 0 Å². The first-order valence-corrected chi connectivity index (χ1v) is 53.2. The molecule has 0 atom stereocenters. The SMILES string of the molecule is CC.CC.CC.CC.CC.CC.CC.CC.CC.CC.CC.CC.CCN(CC)CC.CCN(CC)CC.CCN(CC)CC.CCN(CC)CC.c1ccc2c(c1)Cc1c-2ccc2c1-c1ccccc1C2.c1ccc2c(c1)Cc1c-2ccc2c1-c1ccccc1C2.c1ccc2c(c1)Cc1cc3c(cc1-2)Cc1ccccc1-3.c1ccc2c(c1)Cc1ccc3c(c1-2)-c1ccccc1C3. The van der Waals surface area contributed by atoms with Gasteiger partial charge >= 0.3 is 0 Å². The van der Waals surface area contributed by atoms with E-state index >= 15 is 0 Å². The van der Waals surface area contributed by atoms with Crippen molar-refractivity contribution in [3.8, 4) is 89.0 Å². The Hall–Kier alpha value is -9.52. The van der Waals surface area contributed by atoms with Crippen LogP contribution in [0.1, 0.15) is 338 Å². The van der Waals surface area contributed by atoms with Crippen LogP contribution in [0.15, 0.2) is 243 Å². The molecule has 8 aliphatic rings. The Kier molecular flexibility index (Phi) is 64.1. The number of nitrogens with zero attached hydrogens (tertiary/aromatic N) is 4. The lowest BCUT2D eigenvalue weighted by Gasteiger charge is -2.13. The second-order valence-electron chi connectivity index (χ2n) is 29.7. The molecule has 20 rings (SSSR count). The molecule has 0 bridgehead atoms. The minimum Gasteiger partial charge on any atom is -0.304 e. The number of hydrogen-bond donors (Lipinski definition) is 0. The standard InChI is InChI=1S/4C20H14.4C6H15N.12C2H6/c2*1-3-7-16-14(6-1)12-19-18(16)10-9-15-11-13-5-2-4-8-17(13)20(15)19;1-3-7-17-13(5-1)9-15-11-20-16(12-19(15)17)10-14-6-2-4-8-18(14)20;1-3-7-17-13(5-1)11-15-9-10-16-12-14-6-2-4-8-18(14)20(16)19(15)17;4*1-4-7(5-2)6-3;12*1-2/h2*1-10H,11-12H2;1-8,11-12H,9-10H2;1-10H,11-12H2;4*4-6H2,1-3H3;12*1-2H3. The van der Waals surface area contributed by atoms with Crippen LogP contribution >= 0.6 is 0 Å². The Morgan fingerprint density at radius 2 is 0.288 bits per heavy atom. The highest BCUT2D eigenvalue weighted by Gasteiger charge is 2.32. The van der Waals surface area contributed by atoms with Gasteiger partial charge in [-0.15, -0.1) is 0 Å². The zero-order valence-electron chi connectivity index (χ0n) is 91.0. The first-order chi connectivity index (χ1) is 65.0. The van der Waals surface area contributed by atoms with Crippen molar-refractivity contribution in [2.45, 2.75) is 301 Å². The van der Waals surface area contributed by atoms with E-state index in [4.69, 9.17) is 0 Å². The monoisotopic (exact) mass is 1780 g/mol. The summed E-state index contributed by atoms with van der Waals surface area (Å²) in [4.78, 5) is 9.50. The van der Waals surface area contributed by atoms with E-state index in [1.807, 2.05) is 166 Å². The second kappa shape index (κ2) is 70.2. The Bertz CT molecular complexity index is 4710. The summed E-state index contributed by atoms with van der Waals surface area (Å²) in [7, 11) is 0. The molecule has 4 heteroatoms. The average Bonchev–Trinajstić information content (AvgIpc) is 1.57. The normalized spacial score (nSPS) is 11.0. The van der Waals surface area contributed by atoms with Crippen molar-refractivity contribution in [1.29, 1.82) is 0 Å². The third kappa shape index (κ3) is 31.6. The van der Waals surface area contributed by atoms with Crippen LogP contribution in [0.3, 0.4) is 0 Å². The Balaban J connectivity index is 0.000000753. The predicted octanol–water partition coefficient (Wildman–Crippen LogP) is 37.0. The minimum atomic E-state index is 1.08. The van der Waals surface area contributed by atoms with Gasteiger partial charge in [0.1, 0.15) is 0 Å². The van der Waals surface area contributed by atoms with Gasteiger partial charge in [-0.25, -0.2) is 0 Å². The van der Waals surface area contributed by atoms with Gasteiger partial charge in [-0.1, -0.05) is 480 Å². The fraction of sp³-hybridized carbons (Fsp3) is 0.438. The lowest BCUT2D eigenvalue weighted by Crippen LogP contribution is -2.21. The fourth-order valence-electron chi connectivity index (χ4n) is 18.0. The van der Waals surface area contributed by atoms with E-state index < -0.39 is 0 Å². The molecule has 0 saturated heterocycles. The first-order valence-electron chi connectivity index (χ1n) is 53.2. The molecule has 0 unspecified atom stereocenters. The summed E-state index contributed by atoms with van der Waals surface area (Å²) in [5, 5.41) is 0. The molecule has 0 aromatic heterocycles. The lowest BCUT2D eigenvalue weighted by molar-refractivity contribution is 0.321. The van der Waals surface area contributed by atoms with Gasteiger partial charge in [0.2, 0.25) is 0 Å². The molecule has 4 nitrogen and oxygen atoms in total. The number of rotatable bonds is 12. The van der Waals surface area contributed by atoms with Crippen LogP contribution in [0.5, 0.6) is 0 Å². The molecule has 8 aliphatic carbocycles. The number of fused-ring (bicyclic) bond motifs is 27. The van der Waals surface area contributed by atoms with Crippen LogP contribution in [0.4, 0.5) is 0 Å². The predicted molar refractivity (Wildman–Crippen MR) is 602 cm³/mol. The summed E-state index contributed by atoms with van der Waals surface area (Å²) in [6.45, 7) is 88.5. The quantitative estimate of drug-likeness (QED) is 0.121. The second-order valence-corrected chi connectivity index (χ2v) is 29.7. The Labute approximate surface area is 814 Å². The van der Waals surface area contributed by atoms with Crippen LogP contribution in [-0.2, 0) is 51.4 Å². The van der Waals surface area contributed by atoms with Crippen molar-refractivity contribution in [2.24, 2.45) is 0 Å². The summed E-state index contributed by atoms with van der Waals surface area (Å²) in [6, 6.07) is 89.6. The highest BCUT2D eigenvalue weighted by atomic mass is 15.1. The van der Waals surface area contributed by atoms with Crippen molar-refractivity contribution in [1.82, 2.24) is 19.6 Å². The largest absolute Gasteiger partial charge is 0.304 e. The van der Waals surface area contributed by atoms with Crippen LogP contribution in [0, 0.1) is 0 Å². The van der Waals surface area contributed by atoms with Crippen LogP contribution < -0.4 is 0 Å². The number of benzene rings is 12. The molecule has 132 heavy (non-hydrogen) atoms. The molecule has 0 heterocycles. The minimum absolute atomic E-state index is 1.08. The molecule has 0 amide bonds. The topological polar surface area (TPSA) is 13.0 Å². The molecule has 12 aromatic carbocycles. The third-order valence-corrected chi connectivity index (χ3v) is 24.3. The smallest absolute Gasteiger partial charge is 0.000718 e. The molecule has 0 spiro atoms. The van der Waals surface area contributed by atoms with Gasteiger partial charge in [-0.05, 0) is 320 Å². The van der Waals surface area contributed by atoms with Crippen LogP contribution in [0.2, 0.25) is 0 Å². The maximum atomic E-state index is 2.43. The Morgan fingerprint density at radius 3 is 0.492 bits per heavy atom. The van der Waals surface area contributed by atoms with Crippen molar-refractivity contribution in [2.75, 3.05) is 78.5 Å². The van der Waals surface area contributed by atoms with Crippen molar-refractivity contribution < 1.29 is 0 Å². The maximum Gasteiger partial charge on any atom is -0.000718 e. The van der Waals surface area contributed by atoms with Gasteiger partial charge in [0, 0.05) is 0 Å². The maximum absolute atomic E-state index is 2.43. The average molecular weight is 1780 g/mol. The molecule has 720 valence electrons. The zero-order valence-corrected chi connectivity index (χ0v) is 91.0. The summed E-state index contributed by atoms with van der Waals surface area (Å²) in [5.41, 5.74) is 47.1. The lowest BCUT2D eigenvalue weighted by atomic mass is 9.94. The summed E-state index contributed by atoms with van der Waals surface area (Å²) < 4.78 is 0. The summed E-state index contributed by atoms with van der Waals surface area (Å²) in [5.74, 6) is 0. The van der Waals surface area contributed by atoms with E-state index in [9.17, 15) is 0 Å². The molecule has 0 radical (unpaired) electrons.